The first kappa shape index (κ1) is 23.1. The van der Waals surface area contributed by atoms with Crippen LogP contribution in [0.3, 0.4) is 0 Å². The van der Waals surface area contributed by atoms with E-state index in [1.54, 1.807) is 0 Å². The summed E-state index contributed by atoms with van der Waals surface area (Å²) in [4.78, 5) is 8.36. The summed E-state index contributed by atoms with van der Waals surface area (Å²) in [5, 5.41) is 6.89. The van der Waals surface area contributed by atoms with Crippen molar-refractivity contribution in [3.05, 3.63) is 0 Å². The van der Waals surface area contributed by atoms with Crippen LogP contribution in [0.25, 0.3) is 0 Å². The molecule has 10 heavy (non-hydrogen) atoms. The molecule has 0 atom stereocenters. The van der Waals surface area contributed by atoms with Crippen molar-refractivity contribution in [3.63, 3.8) is 0 Å². The summed E-state index contributed by atoms with van der Waals surface area (Å²) in [6.07, 6.45) is 0. The third kappa shape index (κ3) is 121. The zero-order valence-electron chi connectivity index (χ0n) is 7.55. The van der Waals surface area contributed by atoms with Gasteiger partial charge in [-0.15, -0.1) is 0 Å². The molecule has 0 aliphatic carbocycles. The molecule has 9 heteroatoms. The molecule has 0 amide bonds. The molecular weight excluding hydrogens is 234 g/mol. The van der Waals surface area contributed by atoms with E-state index in [9.17, 15) is 0 Å². The first-order chi connectivity index (χ1) is 3.41. The Morgan fingerprint density at radius 1 is 1.40 bits per heavy atom. The van der Waals surface area contributed by atoms with Gasteiger partial charge in [0.2, 0.25) is 0 Å². The first-order valence-electron chi connectivity index (χ1n) is 1.19. The van der Waals surface area contributed by atoms with E-state index < -0.39 is 9.05 Å². The molecule has 0 aromatic rings. The molecular formula is CH6K2O5S2. The first-order valence-corrected chi connectivity index (χ1v) is 3.59. The van der Waals surface area contributed by atoms with Crippen LogP contribution < -0.4 is 103 Å². The molecule has 0 aliphatic heterocycles. The number of carbonyl (C=O) groups is 1. The minimum absolute atomic E-state index is 0. The predicted octanol–water partition coefficient (Wildman–Crippen LogP) is -6.39. The van der Waals surface area contributed by atoms with Crippen molar-refractivity contribution in [2.24, 2.45) is 0 Å². The van der Waals surface area contributed by atoms with Crippen LogP contribution in [0.2, 0.25) is 0 Å². The van der Waals surface area contributed by atoms with Gasteiger partial charge in [-0.05, 0) is 0 Å². The molecule has 0 aromatic carbocycles. The summed E-state index contributed by atoms with van der Waals surface area (Å²) >= 11 is 3.47. The average molecular weight is 240 g/mol. The van der Waals surface area contributed by atoms with Crippen LogP contribution in [0.4, 0.5) is 0 Å². The Bertz CT molecular complexity index is 140. The molecule has 0 bridgehead atoms. The van der Waals surface area contributed by atoms with E-state index in [0.29, 0.717) is 0 Å². The molecule has 5 nitrogen and oxygen atoms in total. The predicted molar refractivity (Wildman–Crippen MR) is 31.7 cm³/mol. The Morgan fingerprint density at radius 2 is 1.40 bits per heavy atom. The fourth-order valence-electron chi connectivity index (χ4n) is 0. The summed E-state index contributed by atoms with van der Waals surface area (Å²) in [7, 11) is -3.83. The van der Waals surface area contributed by atoms with Gasteiger partial charge in [0.25, 0.3) is 15.5 Å². The maximum absolute atomic E-state index is 9.11. The second-order valence-corrected chi connectivity index (χ2v) is 2.75. The van der Waals surface area contributed by atoms with Crippen LogP contribution in [-0.2, 0) is 25.0 Å². The molecule has 0 aromatic heterocycles. The average Bonchev–Trinajstić information content (AvgIpc) is 1.27. The van der Waals surface area contributed by atoms with Gasteiger partial charge in [-0.25, -0.2) is 0 Å². The molecule has 0 rings (SSSR count). The smallest absolute Gasteiger partial charge is 1.00 e. The summed E-state index contributed by atoms with van der Waals surface area (Å²) in [6.45, 7) is -0.250. The normalized spacial score (nSPS) is 7.00. The van der Waals surface area contributed by atoms with Gasteiger partial charge in [-0.3, -0.25) is 13.9 Å². The Balaban J connectivity index is -0.0000000119. The van der Waals surface area contributed by atoms with Gasteiger partial charge in [0.15, 0.2) is 0 Å². The molecule has 0 unspecified atom stereocenters. The number of rotatable bonds is 0. The summed E-state index contributed by atoms with van der Waals surface area (Å²) in [5.74, 6) is 0. The van der Waals surface area contributed by atoms with Crippen LogP contribution in [-0.4, -0.2) is 24.9 Å². The second-order valence-electron chi connectivity index (χ2n) is 0.553. The van der Waals surface area contributed by atoms with Crippen molar-refractivity contribution in [1.29, 1.82) is 0 Å². The van der Waals surface area contributed by atoms with Gasteiger partial charge in [-0.1, -0.05) is 0 Å². The molecule has 0 fully saturated rings. The van der Waals surface area contributed by atoms with Crippen LogP contribution >= 0.6 is 0 Å². The quantitative estimate of drug-likeness (QED) is 0.288. The number of carboxylic acid groups (broad SMARTS) is 1. The Labute approximate surface area is 151 Å². The maximum Gasteiger partial charge on any atom is 1.00 e. The van der Waals surface area contributed by atoms with Crippen molar-refractivity contribution in [2.45, 2.75) is 0 Å². The van der Waals surface area contributed by atoms with Crippen LogP contribution in [0.15, 0.2) is 0 Å². The van der Waals surface area contributed by atoms with E-state index >= 15 is 0 Å². The van der Waals surface area contributed by atoms with Crippen molar-refractivity contribution in [1.82, 2.24) is 0 Å². The second kappa shape index (κ2) is 14.6. The largest absolute Gasteiger partial charge is 1.00 e. The number of hydrogen-bond acceptors (Lipinski definition) is 3. The van der Waals surface area contributed by atoms with E-state index in [-0.39, 0.29) is 112 Å². The van der Waals surface area contributed by atoms with Crippen molar-refractivity contribution in [2.75, 3.05) is 0 Å². The van der Waals surface area contributed by atoms with E-state index in [1.165, 1.54) is 0 Å². The molecule has 0 heterocycles. The Morgan fingerprint density at radius 3 is 1.40 bits per heavy atom. The molecule has 0 radical (unpaired) electrons. The summed E-state index contributed by atoms with van der Waals surface area (Å²) in [6, 6.07) is 0. The van der Waals surface area contributed by atoms with E-state index in [1.807, 2.05) is 0 Å². The van der Waals surface area contributed by atoms with Crippen LogP contribution in [0.5, 0.6) is 0 Å². The Hall–Kier alpha value is 3.03. The maximum atomic E-state index is 9.11. The third-order valence-corrected chi connectivity index (χ3v) is 0. The SMILES string of the molecule is O=CO.O=S(O)(O)=S.[H-].[H-].[K+].[K+]. The topological polar surface area (TPSA) is 94.8 Å². The fourth-order valence-corrected chi connectivity index (χ4v) is 0. The molecule has 0 saturated heterocycles. The Kier molecular flexibility index (Phi) is 33.7. The van der Waals surface area contributed by atoms with E-state index in [4.69, 9.17) is 23.2 Å². The third-order valence-electron chi connectivity index (χ3n) is 0. The molecule has 3 N–H and O–H groups in total. The van der Waals surface area contributed by atoms with Gasteiger partial charge in [0.1, 0.15) is 0 Å². The van der Waals surface area contributed by atoms with Gasteiger partial charge in [-0.2, -0.15) is 4.21 Å². The summed E-state index contributed by atoms with van der Waals surface area (Å²) < 4.78 is 24.0. The van der Waals surface area contributed by atoms with Crippen LogP contribution in [0, 0.1) is 0 Å². The van der Waals surface area contributed by atoms with E-state index in [0.717, 1.165) is 0 Å². The van der Waals surface area contributed by atoms with Gasteiger partial charge in [0.05, 0.1) is 0 Å². The fraction of sp³-hybridized carbons (Fsp3) is 0. The van der Waals surface area contributed by atoms with Gasteiger partial charge < -0.3 is 7.96 Å². The zero-order valence-corrected chi connectivity index (χ0v) is 13.4. The summed E-state index contributed by atoms with van der Waals surface area (Å²) in [5.41, 5.74) is 0. The molecule has 0 spiro atoms. The number of hydrogen-bond donors (Lipinski definition) is 3. The molecule has 0 saturated carbocycles. The van der Waals surface area contributed by atoms with Gasteiger partial charge >= 0.3 is 103 Å². The van der Waals surface area contributed by atoms with Gasteiger partial charge in [0, 0.05) is 11.2 Å². The minimum atomic E-state index is -3.83. The monoisotopic (exact) mass is 240 g/mol. The van der Waals surface area contributed by atoms with Crippen LogP contribution in [0.1, 0.15) is 2.85 Å². The molecule has 0 aliphatic rings. The zero-order chi connectivity index (χ0) is 7.21. The molecule has 54 valence electrons. The van der Waals surface area contributed by atoms with Crippen molar-refractivity contribution < 1.29 is 129 Å². The minimum Gasteiger partial charge on any atom is -1.00 e. The standard InChI is InChI=1S/CH2O2.2K.H2O3S2.2H/c2-1-3;;;1-5(2,3)4;;/h1H,(H,2,3);;;(H2,1,2,3,4);;/q;2*+1;;2*-1. The van der Waals surface area contributed by atoms with E-state index in [2.05, 4.69) is 11.2 Å². The van der Waals surface area contributed by atoms with Crippen molar-refractivity contribution >= 4 is 26.7 Å². The van der Waals surface area contributed by atoms with Crippen molar-refractivity contribution in [3.8, 4) is 0 Å².